The van der Waals surface area contributed by atoms with Crippen molar-refractivity contribution in [2.45, 2.75) is 13.0 Å². The molecule has 0 aliphatic carbocycles. The van der Waals surface area contributed by atoms with Crippen molar-refractivity contribution >= 4 is 0 Å². The van der Waals surface area contributed by atoms with E-state index in [0.29, 0.717) is 23.7 Å². The Labute approximate surface area is 124 Å². The number of aromatic nitrogens is 2. The first-order valence-corrected chi connectivity index (χ1v) is 6.70. The van der Waals surface area contributed by atoms with Crippen LogP contribution in [-0.4, -0.2) is 35.0 Å². The first kappa shape index (κ1) is 14.9. The number of hydrogen-bond acceptors (Lipinski definition) is 4. The molecule has 1 heterocycles. The van der Waals surface area contributed by atoms with Gasteiger partial charge in [-0.1, -0.05) is 11.8 Å². The van der Waals surface area contributed by atoms with Crippen LogP contribution in [0.1, 0.15) is 12.0 Å². The van der Waals surface area contributed by atoms with Gasteiger partial charge in [-0.3, -0.25) is 0 Å². The molecular weight excluding hydrogens is 268 g/mol. The summed E-state index contributed by atoms with van der Waals surface area (Å²) < 4.78 is 12.9. The van der Waals surface area contributed by atoms with E-state index in [9.17, 15) is 0 Å². The maximum Gasteiger partial charge on any atom is 0.135 e. The van der Waals surface area contributed by atoms with E-state index in [4.69, 9.17) is 14.6 Å². The van der Waals surface area contributed by atoms with E-state index in [1.807, 2.05) is 22.9 Å². The smallest absolute Gasteiger partial charge is 0.135 e. The molecule has 0 unspecified atom stereocenters. The maximum absolute atomic E-state index is 8.81. The third-order valence-electron chi connectivity index (χ3n) is 2.87. The Bertz CT molecular complexity index is 612. The number of benzene rings is 1. The first-order valence-electron chi connectivity index (χ1n) is 6.70. The topological polar surface area (TPSA) is 56.5 Å². The number of rotatable bonds is 6. The van der Waals surface area contributed by atoms with Gasteiger partial charge in [0.1, 0.15) is 18.1 Å². The van der Waals surface area contributed by atoms with Gasteiger partial charge in [-0.2, -0.15) is 0 Å². The van der Waals surface area contributed by atoms with Crippen LogP contribution >= 0.6 is 0 Å². The van der Waals surface area contributed by atoms with Crippen molar-refractivity contribution in [2.75, 3.05) is 20.3 Å². The van der Waals surface area contributed by atoms with E-state index in [0.717, 1.165) is 13.0 Å². The lowest BCUT2D eigenvalue weighted by atomic mass is 10.2. The van der Waals surface area contributed by atoms with Crippen molar-refractivity contribution in [3.05, 3.63) is 42.5 Å². The molecule has 1 aromatic heterocycles. The van der Waals surface area contributed by atoms with Crippen LogP contribution in [-0.2, 0) is 6.54 Å². The fourth-order valence-electron chi connectivity index (χ4n) is 1.84. The minimum absolute atomic E-state index is 0.183. The monoisotopic (exact) mass is 286 g/mol. The standard InChI is InChI=1S/C16H18N2O3/c1-20-15-5-6-16(14(12-15)4-2-10-19)21-11-3-8-18-9-7-17-13-18/h5-7,9,12-13,19H,3,8,10-11H2,1H3. The molecule has 1 N–H and O–H groups in total. The number of nitrogens with zero attached hydrogens (tertiary/aromatic N) is 2. The SMILES string of the molecule is COc1ccc(OCCCn2ccnc2)c(C#CCO)c1. The zero-order chi connectivity index (χ0) is 14.9. The fourth-order valence-corrected chi connectivity index (χ4v) is 1.84. The number of ether oxygens (including phenoxy) is 2. The molecule has 0 aliphatic heterocycles. The summed E-state index contributed by atoms with van der Waals surface area (Å²) in [5, 5.41) is 8.81. The molecule has 0 saturated carbocycles. The van der Waals surface area contributed by atoms with Crippen LogP contribution in [0.3, 0.4) is 0 Å². The van der Waals surface area contributed by atoms with Crippen molar-refractivity contribution in [3.8, 4) is 23.3 Å². The normalized spacial score (nSPS) is 9.81. The van der Waals surface area contributed by atoms with E-state index < -0.39 is 0 Å². The van der Waals surface area contributed by atoms with E-state index >= 15 is 0 Å². The Kier molecular flexibility index (Phi) is 5.68. The zero-order valence-corrected chi connectivity index (χ0v) is 12.0. The molecule has 0 spiro atoms. The minimum atomic E-state index is -0.183. The lowest BCUT2D eigenvalue weighted by Gasteiger charge is -2.10. The van der Waals surface area contributed by atoms with Crippen molar-refractivity contribution in [1.29, 1.82) is 0 Å². The number of aryl methyl sites for hydroxylation is 1. The van der Waals surface area contributed by atoms with E-state index in [-0.39, 0.29) is 6.61 Å². The van der Waals surface area contributed by atoms with Crippen LogP contribution in [0.4, 0.5) is 0 Å². The van der Waals surface area contributed by atoms with Gasteiger partial charge in [-0.25, -0.2) is 4.98 Å². The molecule has 21 heavy (non-hydrogen) atoms. The summed E-state index contributed by atoms with van der Waals surface area (Å²) in [5.41, 5.74) is 0.714. The highest BCUT2D eigenvalue weighted by atomic mass is 16.5. The van der Waals surface area contributed by atoms with E-state index in [2.05, 4.69) is 16.8 Å². The fraction of sp³-hybridized carbons (Fsp3) is 0.312. The van der Waals surface area contributed by atoms with Crippen LogP contribution < -0.4 is 9.47 Å². The molecule has 0 aliphatic rings. The molecule has 2 rings (SSSR count). The van der Waals surface area contributed by atoms with E-state index in [1.165, 1.54) is 0 Å². The van der Waals surface area contributed by atoms with Gasteiger partial charge in [0.25, 0.3) is 0 Å². The van der Waals surface area contributed by atoms with Gasteiger partial charge in [0.2, 0.25) is 0 Å². The Morgan fingerprint density at radius 1 is 1.38 bits per heavy atom. The van der Waals surface area contributed by atoms with Crippen molar-refractivity contribution in [3.63, 3.8) is 0 Å². The molecule has 110 valence electrons. The molecule has 0 radical (unpaired) electrons. The molecule has 0 fully saturated rings. The number of aliphatic hydroxyl groups is 1. The highest BCUT2D eigenvalue weighted by molar-refractivity contribution is 5.50. The Morgan fingerprint density at radius 2 is 2.29 bits per heavy atom. The quantitative estimate of drug-likeness (QED) is 0.649. The van der Waals surface area contributed by atoms with Crippen molar-refractivity contribution in [1.82, 2.24) is 9.55 Å². The highest BCUT2D eigenvalue weighted by Gasteiger charge is 2.04. The Balaban J connectivity index is 1.94. The van der Waals surface area contributed by atoms with Gasteiger partial charge >= 0.3 is 0 Å². The summed E-state index contributed by atoms with van der Waals surface area (Å²) in [6.07, 6.45) is 6.33. The summed E-state index contributed by atoms with van der Waals surface area (Å²) in [6.45, 7) is 1.25. The van der Waals surface area contributed by atoms with Crippen LogP contribution in [0.2, 0.25) is 0 Å². The predicted molar refractivity (Wildman–Crippen MR) is 79.3 cm³/mol. The van der Waals surface area contributed by atoms with Gasteiger partial charge in [0.15, 0.2) is 0 Å². The van der Waals surface area contributed by atoms with E-state index in [1.54, 1.807) is 25.7 Å². The second-order valence-electron chi connectivity index (χ2n) is 4.32. The molecule has 5 heteroatoms. The van der Waals surface area contributed by atoms with Gasteiger partial charge in [0.05, 0.1) is 25.6 Å². The van der Waals surface area contributed by atoms with Crippen LogP contribution in [0.25, 0.3) is 0 Å². The zero-order valence-electron chi connectivity index (χ0n) is 12.0. The molecule has 0 saturated heterocycles. The molecule has 0 atom stereocenters. The summed E-state index contributed by atoms with van der Waals surface area (Å²) in [7, 11) is 1.60. The largest absolute Gasteiger partial charge is 0.497 e. The summed E-state index contributed by atoms with van der Waals surface area (Å²) >= 11 is 0. The first-order chi connectivity index (χ1) is 10.3. The molecule has 1 aromatic carbocycles. The number of methoxy groups -OCH3 is 1. The van der Waals surface area contributed by atoms with Crippen LogP contribution in [0.15, 0.2) is 36.9 Å². The molecular formula is C16H18N2O3. The predicted octanol–water partition coefficient (Wildman–Crippen LogP) is 1.70. The Morgan fingerprint density at radius 3 is 3.00 bits per heavy atom. The van der Waals surface area contributed by atoms with Gasteiger partial charge in [0, 0.05) is 18.9 Å². The third kappa shape index (κ3) is 4.55. The second kappa shape index (κ2) is 7.98. The molecule has 5 nitrogen and oxygen atoms in total. The number of aliphatic hydroxyl groups excluding tert-OH is 1. The van der Waals surface area contributed by atoms with Crippen molar-refractivity contribution in [2.24, 2.45) is 0 Å². The second-order valence-corrected chi connectivity index (χ2v) is 4.32. The van der Waals surface area contributed by atoms with Gasteiger partial charge < -0.3 is 19.1 Å². The Hall–Kier alpha value is -2.45. The summed E-state index contributed by atoms with van der Waals surface area (Å²) in [4.78, 5) is 3.99. The van der Waals surface area contributed by atoms with Crippen LogP contribution in [0, 0.1) is 11.8 Å². The average Bonchev–Trinajstić information content (AvgIpc) is 3.03. The molecule has 0 amide bonds. The summed E-state index contributed by atoms with van der Waals surface area (Å²) in [5.74, 6) is 6.91. The maximum atomic E-state index is 8.81. The lowest BCUT2D eigenvalue weighted by molar-refractivity contribution is 0.300. The molecule has 0 bridgehead atoms. The van der Waals surface area contributed by atoms with Crippen LogP contribution in [0.5, 0.6) is 11.5 Å². The minimum Gasteiger partial charge on any atom is -0.497 e. The average molecular weight is 286 g/mol. The lowest BCUT2D eigenvalue weighted by Crippen LogP contribution is -2.04. The molecule has 2 aromatic rings. The highest BCUT2D eigenvalue weighted by Crippen LogP contribution is 2.23. The van der Waals surface area contributed by atoms with Gasteiger partial charge in [-0.15, -0.1) is 0 Å². The number of imidazole rings is 1. The number of hydrogen-bond donors (Lipinski definition) is 1. The van der Waals surface area contributed by atoms with Crippen molar-refractivity contribution < 1.29 is 14.6 Å². The third-order valence-corrected chi connectivity index (χ3v) is 2.87. The van der Waals surface area contributed by atoms with Gasteiger partial charge in [-0.05, 0) is 24.6 Å². The summed E-state index contributed by atoms with van der Waals surface area (Å²) in [6, 6.07) is 5.46.